The summed E-state index contributed by atoms with van der Waals surface area (Å²) in [4.78, 5) is 14.1. The van der Waals surface area contributed by atoms with E-state index < -0.39 is 0 Å². The largest absolute Gasteiger partial charge is 0.483 e. The molecule has 0 unspecified atom stereocenters. The van der Waals surface area contributed by atoms with Crippen molar-refractivity contribution >= 4 is 17.8 Å². The number of nitrogens with one attached hydrogen (secondary N) is 1. The summed E-state index contributed by atoms with van der Waals surface area (Å²) >= 11 is 0. The fourth-order valence-electron chi connectivity index (χ4n) is 2.66. The highest BCUT2D eigenvalue weighted by atomic mass is 16.5. The van der Waals surface area contributed by atoms with E-state index >= 15 is 0 Å². The number of hydrazone groups is 1. The molecule has 0 aliphatic heterocycles. The predicted octanol–water partition coefficient (Wildman–Crippen LogP) is 3.95. The molecule has 0 aromatic heterocycles. The molecule has 0 aliphatic rings. The fraction of sp³-hybridized carbons (Fsp3) is 0.130. The Morgan fingerprint density at radius 2 is 1.64 bits per heavy atom. The molecule has 0 atom stereocenters. The lowest BCUT2D eigenvalue weighted by Gasteiger charge is -2.11. The van der Waals surface area contributed by atoms with Crippen molar-refractivity contribution in [3.8, 4) is 16.9 Å². The van der Waals surface area contributed by atoms with E-state index in [1.807, 2.05) is 97.9 Å². The Morgan fingerprint density at radius 3 is 2.36 bits per heavy atom. The summed E-state index contributed by atoms with van der Waals surface area (Å²) in [6.45, 7) is -0.110. The highest BCUT2D eigenvalue weighted by Gasteiger charge is 2.07. The molecule has 0 spiro atoms. The smallest absolute Gasteiger partial charge is 0.277 e. The first kappa shape index (κ1) is 19.2. The zero-order valence-corrected chi connectivity index (χ0v) is 16.0. The van der Waals surface area contributed by atoms with Gasteiger partial charge in [0.25, 0.3) is 5.91 Å². The number of para-hydroxylation sites is 1. The Bertz CT molecular complexity index is 936. The van der Waals surface area contributed by atoms with Gasteiger partial charge in [-0.2, -0.15) is 5.10 Å². The molecule has 1 amide bonds. The second-order valence-electron chi connectivity index (χ2n) is 6.43. The van der Waals surface area contributed by atoms with Crippen molar-refractivity contribution in [3.63, 3.8) is 0 Å². The minimum atomic E-state index is -0.316. The quantitative estimate of drug-likeness (QED) is 0.504. The Kier molecular flexibility index (Phi) is 6.41. The Labute approximate surface area is 165 Å². The second kappa shape index (κ2) is 9.37. The van der Waals surface area contributed by atoms with Gasteiger partial charge in [-0.05, 0) is 29.3 Å². The average molecular weight is 373 g/mol. The molecule has 0 heterocycles. The van der Waals surface area contributed by atoms with Gasteiger partial charge < -0.3 is 9.64 Å². The van der Waals surface area contributed by atoms with Crippen molar-refractivity contribution in [2.45, 2.75) is 0 Å². The van der Waals surface area contributed by atoms with Crippen LogP contribution in [0.25, 0.3) is 11.1 Å². The van der Waals surface area contributed by atoms with Gasteiger partial charge in [0.05, 0.1) is 6.21 Å². The number of rotatable bonds is 7. The zero-order valence-electron chi connectivity index (χ0n) is 16.0. The van der Waals surface area contributed by atoms with Gasteiger partial charge in [-0.15, -0.1) is 0 Å². The molecule has 5 heteroatoms. The summed E-state index contributed by atoms with van der Waals surface area (Å²) in [6, 6.07) is 25.4. The zero-order chi connectivity index (χ0) is 19.8. The lowest BCUT2D eigenvalue weighted by Crippen LogP contribution is -2.24. The highest BCUT2D eigenvalue weighted by molar-refractivity contribution is 5.83. The topological polar surface area (TPSA) is 53.9 Å². The van der Waals surface area contributed by atoms with E-state index in [0.29, 0.717) is 5.75 Å². The van der Waals surface area contributed by atoms with Gasteiger partial charge in [-0.25, -0.2) is 5.43 Å². The van der Waals surface area contributed by atoms with Crippen molar-refractivity contribution < 1.29 is 9.53 Å². The van der Waals surface area contributed by atoms with Crippen LogP contribution in [0, 0.1) is 0 Å². The third kappa shape index (κ3) is 5.20. The maximum atomic E-state index is 12.0. The molecule has 1 N–H and O–H groups in total. The Hall–Kier alpha value is -3.60. The van der Waals surface area contributed by atoms with Crippen LogP contribution in [-0.4, -0.2) is 32.8 Å². The van der Waals surface area contributed by atoms with E-state index in [1.165, 1.54) is 0 Å². The van der Waals surface area contributed by atoms with Gasteiger partial charge in [0.15, 0.2) is 6.61 Å². The highest BCUT2D eigenvalue weighted by Crippen LogP contribution is 2.29. The second-order valence-corrected chi connectivity index (χ2v) is 6.43. The Morgan fingerprint density at radius 1 is 0.964 bits per heavy atom. The van der Waals surface area contributed by atoms with Crippen molar-refractivity contribution in [2.75, 3.05) is 25.6 Å². The van der Waals surface area contributed by atoms with Gasteiger partial charge >= 0.3 is 0 Å². The molecule has 3 aromatic rings. The molecule has 3 aromatic carbocycles. The van der Waals surface area contributed by atoms with E-state index in [2.05, 4.69) is 10.5 Å². The van der Waals surface area contributed by atoms with Crippen molar-refractivity contribution in [3.05, 3.63) is 84.4 Å². The monoisotopic (exact) mass is 373 g/mol. The van der Waals surface area contributed by atoms with Crippen LogP contribution in [-0.2, 0) is 4.79 Å². The number of benzene rings is 3. The van der Waals surface area contributed by atoms with Crippen molar-refractivity contribution in [2.24, 2.45) is 5.10 Å². The molecule has 142 valence electrons. The minimum absolute atomic E-state index is 0.110. The van der Waals surface area contributed by atoms with E-state index in [4.69, 9.17) is 4.74 Å². The van der Waals surface area contributed by atoms with Gasteiger partial charge in [-0.1, -0.05) is 60.7 Å². The number of anilines is 1. The molecule has 5 nitrogen and oxygen atoms in total. The van der Waals surface area contributed by atoms with E-state index in [0.717, 1.165) is 22.4 Å². The number of nitrogens with zero attached hydrogens (tertiary/aromatic N) is 2. The van der Waals surface area contributed by atoms with Crippen LogP contribution >= 0.6 is 0 Å². The molecule has 28 heavy (non-hydrogen) atoms. The van der Waals surface area contributed by atoms with E-state index in [1.54, 1.807) is 6.21 Å². The SMILES string of the molecule is CN(C)c1ccc(C=NNC(=O)COc2ccccc2-c2ccccc2)cc1. The normalized spacial score (nSPS) is 10.6. The third-order valence-electron chi connectivity index (χ3n) is 4.14. The number of carbonyl (C=O) groups excluding carboxylic acids is 1. The van der Waals surface area contributed by atoms with Crippen LogP contribution in [0.2, 0.25) is 0 Å². The van der Waals surface area contributed by atoms with Gasteiger partial charge in [0.1, 0.15) is 5.75 Å². The van der Waals surface area contributed by atoms with Crippen molar-refractivity contribution in [1.29, 1.82) is 0 Å². The van der Waals surface area contributed by atoms with E-state index in [9.17, 15) is 4.79 Å². The van der Waals surface area contributed by atoms with Crippen molar-refractivity contribution in [1.82, 2.24) is 5.43 Å². The molecule has 3 rings (SSSR count). The number of carbonyl (C=O) groups is 1. The number of hydrogen-bond donors (Lipinski definition) is 1. The molecule has 0 saturated carbocycles. The minimum Gasteiger partial charge on any atom is -0.483 e. The first-order valence-electron chi connectivity index (χ1n) is 9.00. The van der Waals surface area contributed by atoms with E-state index in [-0.39, 0.29) is 12.5 Å². The van der Waals surface area contributed by atoms with Gasteiger partial charge in [0.2, 0.25) is 0 Å². The van der Waals surface area contributed by atoms with Crippen LogP contribution in [0.15, 0.2) is 84.0 Å². The molecule has 0 fully saturated rings. The average Bonchev–Trinajstić information content (AvgIpc) is 2.73. The van der Waals surface area contributed by atoms with Crippen LogP contribution in [0.1, 0.15) is 5.56 Å². The first-order valence-corrected chi connectivity index (χ1v) is 9.00. The van der Waals surface area contributed by atoms with Crippen LogP contribution < -0.4 is 15.1 Å². The van der Waals surface area contributed by atoms with Crippen LogP contribution in [0.3, 0.4) is 0 Å². The molecule has 0 bridgehead atoms. The summed E-state index contributed by atoms with van der Waals surface area (Å²) in [6.07, 6.45) is 1.61. The number of ether oxygens (including phenoxy) is 1. The maximum Gasteiger partial charge on any atom is 0.277 e. The number of hydrogen-bond acceptors (Lipinski definition) is 4. The molecule has 0 saturated heterocycles. The first-order chi connectivity index (χ1) is 13.6. The molecular weight excluding hydrogens is 350 g/mol. The van der Waals surface area contributed by atoms with Crippen LogP contribution in [0.4, 0.5) is 5.69 Å². The van der Waals surface area contributed by atoms with Gasteiger partial charge in [0, 0.05) is 25.3 Å². The third-order valence-corrected chi connectivity index (χ3v) is 4.14. The Balaban J connectivity index is 1.55. The molecule has 0 radical (unpaired) electrons. The summed E-state index contributed by atoms with van der Waals surface area (Å²) < 4.78 is 5.71. The van der Waals surface area contributed by atoms with Gasteiger partial charge in [-0.3, -0.25) is 4.79 Å². The lowest BCUT2D eigenvalue weighted by molar-refractivity contribution is -0.123. The standard InChI is InChI=1S/C23H23N3O2/c1-26(2)20-14-12-18(13-15-20)16-24-25-23(27)17-28-22-11-7-6-10-21(22)19-8-4-3-5-9-19/h3-16H,17H2,1-2H3,(H,25,27). The van der Waals surface area contributed by atoms with Crippen LogP contribution in [0.5, 0.6) is 5.75 Å². The molecule has 0 aliphatic carbocycles. The predicted molar refractivity (Wildman–Crippen MR) is 114 cm³/mol. The summed E-state index contributed by atoms with van der Waals surface area (Å²) in [5, 5.41) is 3.99. The maximum absolute atomic E-state index is 12.0. The summed E-state index contributed by atoms with van der Waals surface area (Å²) in [7, 11) is 3.97. The summed E-state index contributed by atoms with van der Waals surface area (Å²) in [5.74, 6) is 0.344. The molecular formula is C23H23N3O2. The summed E-state index contributed by atoms with van der Waals surface area (Å²) in [5.41, 5.74) is 6.48. The lowest BCUT2D eigenvalue weighted by atomic mass is 10.1. The number of amides is 1. The fourth-order valence-corrected chi connectivity index (χ4v) is 2.66.